The lowest BCUT2D eigenvalue weighted by Crippen LogP contribution is -2.57. The number of carbonyl (C=O) groups is 2. The van der Waals surface area contributed by atoms with Gasteiger partial charge in [0.1, 0.15) is 24.2 Å². The first kappa shape index (κ1) is 29.3. The zero-order valence-electron chi connectivity index (χ0n) is 23.9. The van der Waals surface area contributed by atoms with Crippen molar-refractivity contribution >= 4 is 23.4 Å². The minimum atomic E-state index is -0.636. The molecular weight excluding hydrogens is 508 g/mol. The molecule has 0 spiro atoms. The number of fused-ring (bicyclic) bond motifs is 1. The smallest absolute Gasteiger partial charge is 0.335 e. The zero-order chi connectivity index (χ0) is 28.5. The van der Waals surface area contributed by atoms with Gasteiger partial charge in [-0.1, -0.05) is 55.8 Å². The number of benzene rings is 2. The Morgan fingerprint density at radius 1 is 1.00 bits per heavy atom. The summed E-state index contributed by atoms with van der Waals surface area (Å²) in [6.45, 7) is 7.19. The number of aliphatic imine (C=N–C) groups is 1. The Labute approximate surface area is 236 Å². The summed E-state index contributed by atoms with van der Waals surface area (Å²) in [5, 5.41) is 6.43. The molecule has 2 heterocycles. The number of esters is 1. The highest BCUT2D eigenvalue weighted by Crippen LogP contribution is 2.27. The van der Waals surface area contributed by atoms with Gasteiger partial charge in [-0.05, 0) is 43.5 Å². The van der Waals surface area contributed by atoms with Crippen LogP contribution in [0.25, 0.3) is 0 Å². The summed E-state index contributed by atoms with van der Waals surface area (Å²) in [4.78, 5) is 32.7. The van der Waals surface area contributed by atoms with Gasteiger partial charge in [0.25, 0.3) is 5.91 Å². The molecule has 2 aromatic carbocycles. The third-order valence-corrected chi connectivity index (χ3v) is 7.00. The molecule has 0 aromatic heterocycles. The van der Waals surface area contributed by atoms with Gasteiger partial charge in [-0.15, -0.1) is 0 Å². The van der Waals surface area contributed by atoms with Crippen LogP contribution >= 0.6 is 0 Å². The lowest BCUT2D eigenvalue weighted by Gasteiger charge is -2.35. The molecule has 0 N–H and O–H groups in total. The van der Waals surface area contributed by atoms with Crippen LogP contribution in [0.3, 0.4) is 0 Å². The van der Waals surface area contributed by atoms with E-state index in [-0.39, 0.29) is 17.9 Å². The van der Waals surface area contributed by atoms with Crippen molar-refractivity contribution in [3.8, 4) is 5.75 Å². The van der Waals surface area contributed by atoms with E-state index in [9.17, 15) is 9.59 Å². The molecule has 2 aliphatic heterocycles. The maximum Gasteiger partial charge on any atom is 0.335 e. The molecule has 0 saturated heterocycles. The number of hydrogen-bond donors (Lipinski definition) is 0. The molecule has 0 saturated carbocycles. The van der Waals surface area contributed by atoms with E-state index in [4.69, 9.17) is 19.2 Å². The summed E-state index contributed by atoms with van der Waals surface area (Å²) in [5.74, 6) is 1.08. The number of amides is 1. The van der Waals surface area contributed by atoms with Crippen molar-refractivity contribution in [2.75, 3.05) is 33.4 Å². The van der Waals surface area contributed by atoms with Gasteiger partial charge in [0.15, 0.2) is 12.1 Å². The summed E-state index contributed by atoms with van der Waals surface area (Å²) in [7, 11) is 1.85. The van der Waals surface area contributed by atoms with E-state index >= 15 is 0 Å². The van der Waals surface area contributed by atoms with Gasteiger partial charge in [0, 0.05) is 26.5 Å². The number of likely N-dealkylation sites (N-methyl/N-ethyl adjacent to an activating group) is 1. The quantitative estimate of drug-likeness (QED) is 0.333. The zero-order valence-corrected chi connectivity index (χ0v) is 23.9. The van der Waals surface area contributed by atoms with Crippen molar-refractivity contribution in [3.63, 3.8) is 0 Å². The van der Waals surface area contributed by atoms with E-state index in [0.29, 0.717) is 45.0 Å². The van der Waals surface area contributed by atoms with Crippen LogP contribution in [0.1, 0.15) is 44.7 Å². The molecule has 3 unspecified atom stereocenters. The average molecular weight is 549 g/mol. The van der Waals surface area contributed by atoms with Gasteiger partial charge in [-0.25, -0.2) is 4.79 Å². The highest BCUT2D eigenvalue weighted by atomic mass is 16.6. The van der Waals surface area contributed by atoms with Crippen LogP contribution in [0.4, 0.5) is 0 Å². The number of hydrogen-bond acceptors (Lipinski definition) is 8. The van der Waals surface area contributed by atoms with Gasteiger partial charge < -0.3 is 14.2 Å². The Bertz CT molecular complexity index is 1200. The fourth-order valence-corrected chi connectivity index (χ4v) is 5.12. The van der Waals surface area contributed by atoms with Crippen molar-refractivity contribution in [1.29, 1.82) is 0 Å². The Balaban J connectivity index is 1.42. The first-order chi connectivity index (χ1) is 19.4. The predicted octanol–water partition coefficient (Wildman–Crippen LogP) is 3.90. The molecule has 0 fully saturated rings. The first-order valence-corrected chi connectivity index (χ1v) is 14.2. The standard InChI is InChI=1S/C31H40N4O5/c1-5-11-25-28-29(34(4)33-25)30(36)35(27(32-28)21-22-12-9-8-10-13-22)18-19-40-24-16-14-23(15-17-24)20-26(38-6-2)31(37)39-7-3/h8-10,12-17,26,28-29H,5-7,11,18-21H2,1-4H3. The van der Waals surface area contributed by atoms with E-state index in [1.54, 1.807) is 16.8 Å². The first-order valence-electron chi connectivity index (χ1n) is 14.2. The minimum Gasteiger partial charge on any atom is -0.492 e. The van der Waals surface area contributed by atoms with Crippen LogP contribution in [-0.4, -0.2) is 84.9 Å². The lowest BCUT2D eigenvalue weighted by molar-refractivity contribution is -0.156. The fraction of sp³-hybridized carbons (Fsp3) is 0.484. The molecule has 2 aliphatic rings. The number of rotatable bonds is 14. The van der Waals surface area contributed by atoms with E-state index in [1.807, 2.05) is 56.4 Å². The molecule has 3 atom stereocenters. The summed E-state index contributed by atoms with van der Waals surface area (Å²) in [6, 6.07) is 17.0. The van der Waals surface area contributed by atoms with E-state index < -0.39 is 12.1 Å². The molecule has 2 aromatic rings. The number of amidine groups is 1. The van der Waals surface area contributed by atoms with Crippen molar-refractivity contribution in [1.82, 2.24) is 9.91 Å². The molecule has 1 amide bonds. The third-order valence-electron chi connectivity index (χ3n) is 7.00. The molecular formula is C31H40N4O5. The van der Waals surface area contributed by atoms with Crippen LogP contribution < -0.4 is 4.74 Å². The van der Waals surface area contributed by atoms with Crippen molar-refractivity contribution in [3.05, 3.63) is 65.7 Å². The van der Waals surface area contributed by atoms with Crippen LogP contribution in [0.2, 0.25) is 0 Å². The molecule has 4 rings (SSSR count). The Kier molecular flexibility index (Phi) is 10.3. The number of hydrazone groups is 1. The normalized spacial score (nSPS) is 19.1. The molecule has 0 radical (unpaired) electrons. The molecule has 40 heavy (non-hydrogen) atoms. The highest BCUT2D eigenvalue weighted by Gasteiger charge is 2.46. The summed E-state index contributed by atoms with van der Waals surface area (Å²) >= 11 is 0. The maximum atomic E-state index is 13.7. The van der Waals surface area contributed by atoms with E-state index in [2.05, 4.69) is 24.2 Å². The van der Waals surface area contributed by atoms with E-state index in [0.717, 1.165) is 35.5 Å². The highest BCUT2D eigenvalue weighted by molar-refractivity contribution is 6.09. The van der Waals surface area contributed by atoms with Gasteiger partial charge in [0.2, 0.25) is 0 Å². The molecule has 214 valence electrons. The van der Waals surface area contributed by atoms with Gasteiger partial charge in [0.05, 0.1) is 18.9 Å². The third kappa shape index (κ3) is 7.07. The SMILES string of the molecule is CCCC1=NN(C)C2C(=O)N(CCOc3ccc(CC(OCC)C(=O)OCC)cc3)C(Cc3ccccc3)=NC12. The monoisotopic (exact) mass is 548 g/mol. The van der Waals surface area contributed by atoms with Crippen LogP contribution in [0.5, 0.6) is 5.75 Å². The second-order valence-electron chi connectivity index (χ2n) is 9.89. The van der Waals surface area contributed by atoms with Crippen LogP contribution in [0, 0.1) is 0 Å². The Morgan fingerprint density at radius 2 is 1.75 bits per heavy atom. The average Bonchev–Trinajstić information content (AvgIpc) is 3.26. The minimum absolute atomic E-state index is 0.00293. The van der Waals surface area contributed by atoms with Crippen molar-refractivity contribution < 1.29 is 23.8 Å². The molecule has 9 heteroatoms. The predicted molar refractivity (Wildman–Crippen MR) is 155 cm³/mol. The number of carbonyl (C=O) groups excluding carboxylic acids is 2. The van der Waals surface area contributed by atoms with Crippen LogP contribution in [-0.2, 0) is 31.9 Å². The fourth-order valence-electron chi connectivity index (χ4n) is 5.12. The second kappa shape index (κ2) is 14.1. The Hall–Kier alpha value is -3.72. The largest absolute Gasteiger partial charge is 0.492 e. The van der Waals surface area contributed by atoms with Crippen molar-refractivity contribution in [2.45, 2.75) is 64.6 Å². The van der Waals surface area contributed by atoms with Crippen LogP contribution in [0.15, 0.2) is 64.7 Å². The second-order valence-corrected chi connectivity index (χ2v) is 9.89. The summed E-state index contributed by atoms with van der Waals surface area (Å²) < 4.78 is 16.7. The number of nitrogens with zero attached hydrogens (tertiary/aromatic N) is 4. The molecule has 9 nitrogen and oxygen atoms in total. The van der Waals surface area contributed by atoms with E-state index in [1.165, 1.54) is 0 Å². The number of ether oxygens (including phenoxy) is 3. The van der Waals surface area contributed by atoms with Gasteiger partial charge in [-0.3, -0.25) is 19.7 Å². The van der Waals surface area contributed by atoms with Gasteiger partial charge >= 0.3 is 5.97 Å². The summed E-state index contributed by atoms with van der Waals surface area (Å²) in [5.41, 5.74) is 3.02. The Morgan fingerprint density at radius 3 is 2.42 bits per heavy atom. The molecule has 0 bridgehead atoms. The van der Waals surface area contributed by atoms with Crippen molar-refractivity contribution in [2.24, 2.45) is 10.1 Å². The topological polar surface area (TPSA) is 93.0 Å². The molecule has 0 aliphatic carbocycles. The maximum absolute atomic E-state index is 13.7. The lowest BCUT2D eigenvalue weighted by atomic mass is 9.97. The summed E-state index contributed by atoms with van der Waals surface area (Å²) in [6.07, 6.45) is 2.13. The van der Waals surface area contributed by atoms with Gasteiger partial charge in [-0.2, -0.15) is 5.10 Å².